The predicted octanol–water partition coefficient (Wildman–Crippen LogP) is 2.86. The summed E-state index contributed by atoms with van der Waals surface area (Å²) < 4.78 is 8.98. The Hall–Kier alpha value is -3.33. The topological polar surface area (TPSA) is 90.5 Å². The molecule has 1 aliphatic heterocycles. The number of aromatic nitrogens is 4. The van der Waals surface area contributed by atoms with Crippen LogP contribution in [-0.2, 0) is 11.3 Å². The van der Waals surface area contributed by atoms with Gasteiger partial charge in [0.2, 0.25) is 11.7 Å². The Kier molecular flexibility index (Phi) is 5.57. The summed E-state index contributed by atoms with van der Waals surface area (Å²) in [7, 11) is 1.61. The van der Waals surface area contributed by atoms with E-state index < -0.39 is 0 Å². The van der Waals surface area contributed by atoms with Crippen LogP contribution in [0.25, 0.3) is 16.7 Å². The first-order chi connectivity index (χ1) is 15.7. The van der Waals surface area contributed by atoms with Crippen molar-refractivity contribution in [2.24, 2.45) is 0 Å². The molecule has 0 aliphatic carbocycles. The second-order valence-electron chi connectivity index (χ2n) is 7.73. The molecule has 1 aliphatic rings. The molecule has 1 atom stereocenters. The third-order valence-corrected chi connectivity index (χ3v) is 6.94. The number of hydrogen-bond acceptors (Lipinski definition) is 6. The molecule has 1 unspecified atom stereocenters. The summed E-state index contributed by atoms with van der Waals surface area (Å²) in [6.45, 7) is 1.00. The van der Waals surface area contributed by atoms with Gasteiger partial charge in [-0.1, -0.05) is 48.5 Å². The number of ether oxygens (including phenoxy) is 1. The number of rotatable bonds is 5. The number of thioether (sulfide) groups is 1. The quantitative estimate of drug-likeness (QED) is 0.504. The molecule has 0 saturated carbocycles. The minimum absolute atomic E-state index is 0.0240. The largest absolute Gasteiger partial charge is 0.496 e. The number of hydrogen-bond donors (Lipinski definition) is 1. The summed E-state index contributed by atoms with van der Waals surface area (Å²) >= 11 is 1.40. The summed E-state index contributed by atoms with van der Waals surface area (Å²) in [4.78, 5) is 25.9. The highest BCUT2D eigenvalue weighted by Gasteiger charge is 2.26. The average molecular weight is 450 g/mol. The highest BCUT2D eigenvalue weighted by molar-refractivity contribution is 8.00. The van der Waals surface area contributed by atoms with Gasteiger partial charge in [-0.3, -0.25) is 18.6 Å². The van der Waals surface area contributed by atoms with Gasteiger partial charge in [-0.25, -0.2) is 0 Å². The summed E-state index contributed by atoms with van der Waals surface area (Å²) in [5, 5.41) is 12.7. The summed E-state index contributed by atoms with van der Waals surface area (Å²) in [6, 6.07) is 15.0. The second kappa shape index (κ2) is 8.66. The molecule has 2 aromatic heterocycles. The monoisotopic (exact) mass is 449 g/mol. The van der Waals surface area contributed by atoms with Crippen molar-refractivity contribution in [1.29, 1.82) is 0 Å². The van der Waals surface area contributed by atoms with Gasteiger partial charge >= 0.3 is 0 Å². The van der Waals surface area contributed by atoms with Gasteiger partial charge in [-0.15, -0.1) is 10.2 Å². The third-order valence-electron chi connectivity index (χ3n) is 5.73. The Morgan fingerprint density at radius 1 is 1.09 bits per heavy atom. The standard InChI is InChI=1S/C23H23N5O3S/c1-31-18-11-5-2-8-15(18)14-27-21(30)16-9-3-4-10-17(16)28-22(27)25-26-23(28)32-19-12-6-7-13-24-20(19)29/h2-5,8-11,19H,6-7,12-14H2,1H3,(H,24,29). The van der Waals surface area contributed by atoms with Crippen LogP contribution in [0, 0.1) is 0 Å². The average Bonchev–Trinajstić information content (AvgIpc) is 3.13. The highest BCUT2D eigenvalue weighted by atomic mass is 32.2. The molecule has 2 aromatic carbocycles. The molecule has 0 spiro atoms. The van der Waals surface area contributed by atoms with E-state index in [0.29, 0.717) is 35.2 Å². The summed E-state index contributed by atoms with van der Waals surface area (Å²) in [6.07, 6.45) is 2.74. The first-order valence-corrected chi connectivity index (χ1v) is 11.5. The lowest BCUT2D eigenvalue weighted by atomic mass is 10.2. The maximum atomic E-state index is 13.4. The number of amides is 1. The molecule has 5 rings (SSSR count). The van der Waals surface area contributed by atoms with E-state index in [-0.39, 0.29) is 16.7 Å². The van der Waals surface area contributed by atoms with Gasteiger partial charge in [0.25, 0.3) is 5.56 Å². The van der Waals surface area contributed by atoms with Crippen LogP contribution >= 0.6 is 11.8 Å². The smallest absolute Gasteiger partial charge is 0.263 e. The van der Waals surface area contributed by atoms with Crippen molar-refractivity contribution in [3.63, 3.8) is 0 Å². The van der Waals surface area contributed by atoms with Gasteiger partial charge in [0.15, 0.2) is 5.16 Å². The first kappa shape index (κ1) is 20.6. The Morgan fingerprint density at radius 2 is 1.91 bits per heavy atom. The molecule has 1 amide bonds. The Bertz CT molecular complexity index is 1360. The normalized spacial score (nSPS) is 16.8. The molecule has 1 fully saturated rings. The summed E-state index contributed by atoms with van der Waals surface area (Å²) in [5.74, 6) is 1.17. The number of carbonyl (C=O) groups excluding carboxylic acids is 1. The van der Waals surface area contributed by atoms with E-state index in [2.05, 4.69) is 15.5 Å². The van der Waals surface area contributed by atoms with Gasteiger partial charge in [0, 0.05) is 12.1 Å². The van der Waals surface area contributed by atoms with E-state index in [1.54, 1.807) is 11.7 Å². The van der Waals surface area contributed by atoms with Crippen LogP contribution in [0.2, 0.25) is 0 Å². The SMILES string of the molecule is COc1ccccc1Cn1c(=O)c2ccccc2n2c(SC3CCCCNC3=O)nnc12. The van der Waals surface area contributed by atoms with E-state index in [1.165, 1.54) is 11.8 Å². The van der Waals surface area contributed by atoms with Crippen molar-refractivity contribution >= 4 is 34.3 Å². The van der Waals surface area contributed by atoms with Gasteiger partial charge in [-0.2, -0.15) is 0 Å². The minimum Gasteiger partial charge on any atom is -0.496 e. The Balaban J connectivity index is 1.67. The van der Waals surface area contributed by atoms with Crippen LogP contribution in [0.3, 0.4) is 0 Å². The predicted molar refractivity (Wildman–Crippen MR) is 123 cm³/mol. The molecule has 164 valence electrons. The van der Waals surface area contributed by atoms with Crippen molar-refractivity contribution in [3.8, 4) is 5.75 Å². The fourth-order valence-corrected chi connectivity index (χ4v) is 5.21. The Labute approximate surface area is 188 Å². The number of para-hydroxylation sites is 2. The highest BCUT2D eigenvalue weighted by Crippen LogP contribution is 2.29. The molecule has 3 heterocycles. The number of benzene rings is 2. The van der Waals surface area contributed by atoms with Crippen LogP contribution in [0.1, 0.15) is 24.8 Å². The molecule has 1 N–H and O–H groups in total. The van der Waals surface area contributed by atoms with Crippen molar-refractivity contribution in [1.82, 2.24) is 24.5 Å². The molecule has 0 radical (unpaired) electrons. The maximum absolute atomic E-state index is 13.4. The van der Waals surface area contributed by atoms with Crippen molar-refractivity contribution in [2.45, 2.75) is 36.2 Å². The van der Waals surface area contributed by atoms with Crippen LogP contribution in [0.5, 0.6) is 5.75 Å². The minimum atomic E-state index is -0.238. The van der Waals surface area contributed by atoms with Gasteiger partial charge in [0.1, 0.15) is 5.75 Å². The number of methoxy groups -OCH3 is 1. The fourth-order valence-electron chi connectivity index (χ4n) is 4.11. The first-order valence-electron chi connectivity index (χ1n) is 10.6. The molecule has 0 bridgehead atoms. The zero-order chi connectivity index (χ0) is 22.1. The molecule has 9 heteroatoms. The van der Waals surface area contributed by atoms with E-state index in [4.69, 9.17) is 4.74 Å². The fraction of sp³-hybridized carbons (Fsp3) is 0.304. The van der Waals surface area contributed by atoms with Gasteiger partial charge in [-0.05, 0) is 31.0 Å². The van der Waals surface area contributed by atoms with Crippen LogP contribution in [0.15, 0.2) is 58.5 Å². The molecule has 32 heavy (non-hydrogen) atoms. The summed E-state index contributed by atoms with van der Waals surface area (Å²) in [5.41, 5.74) is 1.45. The van der Waals surface area contributed by atoms with E-state index in [1.807, 2.05) is 52.9 Å². The third kappa shape index (κ3) is 3.62. The number of nitrogens with zero attached hydrogens (tertiary/aromatic N) is 4. The van der Waals surface area contributed by atoms with Crippen molar-refractivity contribution in [2.75, 3.05) is 13.7 Å². The van der Waals surface area contributed by atoms with Crippen molar-refractivity contribution < 1.29 is 9.53 Å². The Morgan fingerprint density at radius 3 is 2.78 bits per heavy atom. The lowest BCUT2D eigenvalue weighted by Crippen LogP contribution is -2.30. The van der Waals surface area contributed by atoms with Crippen molar-refractivity contribution in [3.05, 3.63) is 64.4 Å². The van der Waals surface area contributed by atoms with Crippen LogP contribution in [-0.4, -0.2) is 44.0 Å². The number of fused-ring (bicyclic) bond motifs is 3. The molecule has 8 nitrogen and oxygen atoms in total. The molecule has 1 saturated heterocycles. The maximum Gasteiger partial charge on any atom is 0.263 e. The lowest BCUT2D eigenvalue weighted by molar-refractivity contribution is -0.120. The van der Waals surface area contributed by atoms with E-state index in [9.17, 15) is 9.59 Å². The zero-order valence-corrected chi connectivity index (χ0v) is 18.5. The molecular weight excluding hydrogens is 426 g/mol. The van der Waals surface area contributed by atoms with E-state index >= 15 is 0 Å². The molecule has 4 aromatic rings. The van der Waals surface area contributed by atoms with Gasteiger partial charge in [0.05, 0.1) is 29.8 Å². The van der Waals surface area contributed by atoms with Crippen LogP contribution < -0.4 is 15.6 Å². The van der Waals surface area contributed by atoms with Gasteiger partial charge < -0.3 is 10.1 Å². The zero-order valence-electron chi connectivity index (χ0n) is 17.7. The van der Waals surface area contributed by atoms with Crippen LogP contribution in [0.4, 0.5) is 0 Å². The molecular formula is C23H23N5O3S. The lowest BCUT2D eigenvalue weighted by Gasteiger charge is -2.14. The number of carbonyl (C=O) groups is 1. The number of nitrogens with one attached hydrogen (secondary N) is 1. The van der Waals surface area contributed by atoms with E-state index in [0.717, 1.165) is 30.3 Å². The second-order valence-corrected chi connectivity index (χ2v) is 8.90.